The quantitative estimate of drug-likeness (QED) is 0.626. The highest BCUT2D eigenvalue weighted by atomic mass is 35.5. The summed E-state index contributed by atoms with van der Waals surface area (Å²) in [5.74, 6) is -0.141. The van der Waals surface area contributed by atoms with Crippen LogP contribution in [0.4, 0.5) is 0 Å². The van der Waals surface area contributed by atoms with Crippen LogP contribution in [0.25, 0.3) is 11.4 Å². The Labute approximate surface area is 113 Å². The molecular weight excluding hydrogens is 277 g/mol. The average Bonchev–Trinajstić information content (AvgIpc) is 2.41. The van der Waals surface area contributed by atoms with E-state index < -0.39 is 5.97 Å². The average molecular weight is 284 g/mol. The second-order valence-electron chi connectivity index (χ2n) is 3.27. The highest BCUT2D eigenvalue weighted by Gasteiger charge is 2.11. The number of nitrogens with zero attached hydrogens (tertiary/aromatic N) is 3. The maximum Gasteiger partial charge on any atom is 0.341 e. The molecule has 0 saturated carbocycles. The molecule has 7 heteroatoms. The van der Waals surface area contributed by atoms with Crippen LogP contribution in [0.3, 0.4) is 0 Å². The molecule has 0 saturated heterocycles. The molecule has 18 heavy (non-hydrogen) atoms. The summed E-state index contributed by atoms with van der Waals surface area (Å²) >= 11 is 11.7. The van der Waals surface area contributed by atoms with Gasteiger partial charge >= 0.3 is 5.97 Å². The number of carbonyl (C=O) groups excluding carboxylic acids is 1. The van der Waals surface area contributed by atoms with Crippen LogP contribution < -0.4 is 0 Å². The summed E-state index contributed by atoms with van der Waals surface area (Å²) in [4.78, 5) is 23.1. The molecule has 0 aliphatic heterocycles. The van der Waals surface area contributed by atoms with E-state index in [0.717, 1.165) is 0 Å². The minimum Gasteiger partial charge on any atom is -0.465 e. The van der Waals surface area contributed by atoms with Crippen molar-refractivity contribution in [3.8, 4) is 11.4 Å². The maximum atomic E-state index is 11.2. The lowest BCUT2D eigenvalue weighted by Gasteiger charge is -2.03. The standard InChI is InChI=1S/C11H7Cl2N3O2/c1-18-11(17)6-3-15-10(16-4-6)7-2-9(13)14-5-8(7)12/h2-5H,1H3. The lowest BCUT2D eigenvalue weighted by Crippen LogP contribution is -2.03. The fourth-order valence-corrected chi connectivity index (χ4v) is 1.62. The molecule has 0 amide bonds. The first-order valence-electron chi connectivity index (χ1n) is 4.83. The normalized spacial score (nSPS) is 10.2. The van der Waals surface area contributed by atoms with Gasteiger partial charge < -0.3 is 4.74 Å². The first kappa shape index (κ1) is 12.7. The van der Waals surface area contributed by atoms with Gasteiger partial charge in [0, 0.05) is 24.2 Å². The second kappa shape index (κ2) is 5.29. The van der Waals surface area contributed by atoms with Crippen molar-refractivity contribution in [2.45, 2.75) is 0 Å². The molecule has 0 radical (unpaired) electrons. The van der Waals surface area contributed by atoms with E-state index in [1.807, 2.05) is 0 Å². The summed E-state index contributed by atoms with van der Waals surface area (Å²) in [6.07, 6.45) is 4.13. The summed E-state index contributed by atoms with van der Waals surface area (Å²) in [6.45, 7) is 0. The number of halogens is 2. The van der Waals surface area contributed by atoms with Crippen LogP contribution in [0.1, 0.15) is 10.4 Å². The summed E-state index contributed by atoms with van der Waals surface area (Å²) in [5, 5.41) is 0.667. The Morgan fingerprint density at radius 1 is 1.17 bits per heavy atom. The molecule has 2 heterocycles. The van der Waals surface area contributed by atoms with E-state index >= 15 is 0 Å². The third kappa shape index (κ3) is 2.57. The second-order valence-corrected chi connectivity index (χ2v) is 4.07. The van der Waals surface area contributed by atoms with E-state index in [4.69, 9.17) is 23.2 Å². The largest absolute Gasteiger partial charge is 0.465 e. The number of aromatic nitrogens is 3. The van der Waals surface area contributed by atoms with Crippen molar-refractivity contribution in [2.24, 2.45) is 0 Å². The zero-order valence-corrected chi connectivity index (χ0v) is 10.7. The van der Waals surface area contributed by atoms with E-state index in [1.165, 1.54) is 25.7 Å². The number of esters is 1. The van der Waals surface area contributed by atoms with Crippen molar-refractivity contribution in [3.05, 3.63) is 40.4 Å². The lowest BCUT2D eigenvalue weighted by atomic mass is 10.2. The van der Waals surface area contributed by atoms with E-state index in [0.29, 0.717) is 16.4 Å². The zero-order valence-electron chi connectivity index (χ0n) is 9.22. The Balaban J connectivity index is 2.40. The number of methoxy groups -OCH3 is 1. The third-order valence-corrected chi connectivity index (χ3v) is 2.64. The van der Waals surface area contributed by atoms with E-state index in [2.05, 4.69) is 19.7 Å². The van der Waals surface area contributed by atoms with Crippen molar-refractivity contribution >= 4 is 29.2 Å². The summed E-state index contributed by atoms with van der Waals surface area (Å²) in [6, 6.07) is 1.55. The molecule has 0 aliphatic carbocycles. The van der Waals surface area contributed by atoms with Crippen molar-refractivity contribution in [1.29, 1.82) is 0 Å². The van der Waals surface area contributed by atoms with Gasteiger partial charge in [-0.1, -0.05) is 23.2 Å². The van der Waals surface area contributed by atoms with Gasteiger partial charge in [0.1, 0.15) is 5.15 Å². The van der Waals surface area contributed by atoms with E-state index in [-0.39, 0.29) is 10.7 Å². The van der Waals surface area contributed by atoms with Crippen LogP contribution in [0.2, 0.25) is 10.2 Å². The van der Waals surface area contributed by atoms with Crippen LogP contribution >= 0.6 is 23.2 Å². The van der Waals surface area contributed by atoms with Crippen LogP contribution in [-0.2, 0) is 4.74 Å². The first-order valence-corrected chi connectivity index (χ1v) is 5.59. The van der Waals surface area contributed by atoms with Crippen molar-refractivity contribution in [2.75, 3.05) is 7.11 Å². The lowest BCUT2D eigenvalue weighted by molar-refractivity contribution is 0.0600. The number of ether oxygens (including phenoxy) is 1. The molecule has 5 nitrogen and oxygen atoms in total. The highest BCUT2D eigenvalue weighted by Crippen LogP contribution is 2.26. The Hall–Kier alpha value is -1.72. The van der Waals surface area contributed by atoms with Gasteiger partial charge in [-0.05, 0) is 6.07 Å². The monoisotopic (exact) mass is 283 g/mol. The molecule has 0 spiro atoms. The molecule has 2 rings (SSSR count). The van der Waals surface area contributed by atoms with E-state index in [1.54, 1.807) is 6.07 Å². The van der Waals surface area contributed by atoms with E-state index in [9.17, 15) is 4.79 Å². The van der Waals surface area contributed by atoms with Crippen LogP contribution in [0.5, 0.6) is 0 Å². The molecule has 0 N–H and O–H groups in total. The fourth-order valence-electron chi connectivity index (χ4n) is 1.27. The summed E-state index contributed by atoms with van der Waals surface area (Å²) < 4.78 is 4.55. The Bertz CT molecular complexity index is 587. The molecule has 0 bridgehead atoms. The molecule has 0 aliphatic rings. The number of hydrogen-bond acceptors (Lipinski definition) is 5. The molecular formula is C11H7Cl2N3O2. The third-order valence-electron chi connectivity index (χ3n) is 2.14. The summed E-state index contributed by atoms with van der Waals surface area (Å²) in [7, 11) is 1.29. The molecule has 0 fully saturated rings. The Kier molecular flexibility index (Phi) is 3.74. The van der Waals surface area contributed by atoms with Gasteiger partial charge in [-0.3, -0.25) is 0 Å². The topological polar surface area (TPSA) is 65.0 Å². The predicted octanol–water partition coefficient (Wildman–Crippen LogP) is 2.63. The van der Waals surface area contributed by atoms with Gasteiger partial charge in [0.2, 0.25) is 0 Å². The van der Waals surface area contributed by atoms with Crippen LogP contribution in [0, 0.1) is 0 Å². The summed E-state index contributed by atoms with van der Waals surface area (Å²) in [5.41, 5.74) is 0.811. The molecule has 0 atom stereocenters. The van der Waals surface area contributed by atoms with Gasteiger partial charge in [-0.25, -0.2) is 19.7 Å². The number of pyridine rings is 1. The van der Waals surface area contributed by atoms with Gasteiger partial charge in [-0.15, -0.1) is 0 Å². The van der Waals surface area contributed by atoms with Crippen molar-refractivity contribution in [3.63, 3.8) is 0 Å². The van der Waals surface area contributed by atoms with Crippen molar-refractivity contribution in [1.82, 2.24) is 15.0 Å². The molecule has 0 aromatic carbocycles. The number of hydrogen-bond donors (Lipinski definition) is 0. The first-order chi connectivity index (χ1) is 8.61. The van der Waals surface area contributed by atoms with Gasteiger partial charge in [0.05, 0.1) is 17.7 Å². The molecule has 0 unspecified atom stereocenters. The smallest absolute Gasteiger partial charge is 0.341 e. The molecule has 92 valence electrons. The maximum absolute atomic E-state index is 11.2. The minimum atomic E-state index is -0.500. The molecule has 2 aromatic heterocycles. The number of carbonyl (C=O) groups is 1. The van der Waals surface area contributed by atoms with Gasteiger partial charge in [0.15, 0.2) is 5.82 Å². The fraction of sp³-hybridized carbons (Fsp3) is 0.0909. The van der Waals surface area contributed by atoms with Crippen molar-refractivity contribution < 1.29 is 9.53 Å². The zero-order chi connectivity index (χ0) is 13.1. The Morgan fingerprint density at radius 3 is 2.44 bits per heavy atom. The van der Waals surface area contributed by atoms with Gasteiger partial charge in [-0.2, -0.15) is 0 Å². The van der Waals surface area contributed by atoms with Crippen LogP contribution in [0.15, 0.2) is 24.7 Å². The minimum absolute atomic E-state index is 0.262. The Morgan fingerprint density at radius 2 is 1.83 bits per heavy atom. The van der Waals surface area contributed by atoms with Crippen LogP contribution in [-0.4, -0.2) is 28.0 Å². The van der Waals surface area contributed by atoms with Gasteiger partial charge in [0.25, 0.3) is 0 Å². The number of rotatable bonds is 2. The highest BCUT2D eigenvalue weighted by molar-refractivity contribution is 6.34. The SMILES string of the molecule is COC(=O)c1cnc(-c2cc(Cl)ncc2Cl)nc1. The molecule has 2 aromatic rings. The predicted molar refractivity (Wildman–Crippen MR) is 66.6 cm³/mol.